The number of carbonyl (C=O) groups is 2. The van der Waals surface area contributed by atoms with Gasteiger partial charge < -0.3 is 15.8 Å². The van der Waals surface area contributed by atoms with Crippen LogP contribution in [0.15, 0.2) is 48.5 Å². The van der Waals surface area contributed by atoms with Crippen molar-refractivity contribution in [3.63, 3.8) is 0 Å². The highest BCUT2D eigenvalue weighted by Crippen LogP contribution is 2.24. The summed E-state index contributed by atoms with van der Waals surface area (Å²) in [6.45, 7) is 1.74. The van der Waals surface area contributed by atoms with Crippen LogP contribution in [0.5, 0.6) is 0 Å². The summed E-state index contributed by atoms with van der Waals surface area (Å²) in [5, 5.41) is 14.0. The van der Waals surface area contributed by atoms with Crippen LogP contribution >= 0.6 is 0 Å². The largest absolute Gasteiger partial charge is 0.449 e. The molecular weight excluding hydrogens is 326 g/mol. The third-order valence-electron chi connectivity index (χ3n) is 3.44. The number of hydrogen-bond donors (Lipinski definition) is 2. The van der Waals surface area contributed by atoms with Gasteiger partial charge in [-0.25, -0.2) is 4.79 Å². The molecule has 0 fully saturated rings. The standard InChI is InChI=1S/C17H17N3O5/c1-11(16(18)21)25-17(22)14-9-13(20(23)24)7-8-15(14)19-10-12-5-3-2-4-6-12/h2-9,11,19H,10H2,1H3,(H2,18,21)/t11-/m0/s1. The maximum absolute atomic E-state index is 12.3. The molecule has 0 heterocycles. The van der Waals surface area contributed by atoms with Crippen molar-refractivity contribution in [2.24, 2.45) is 5.73 Å². The molecule has 2 rings (SSSR count). The van der Waals surface area contributed by atoms with Crippen molar-refractivity contribution in [2.75, 3.05) is 5.32 Å². The van der Waals surface area contributed by atoms with Gasteiger partial charge in [0.15, 0.2) is 6.10 Å². The fourth-order valence-electron chi connectivity index (χ4n) is 2.04. The van der Waals surface area contributed by atoms with Crippen molar-refractivity contribution in [2.45, 2.75) is 19.6 Å². The van der Waals surface area contributed by atoms with Crippen LogP contribution in [0.25, 0.3) is 0 Å². The summed E-state index contributed by atoms with van der Waals surface area (Å²) in [7, 11) is 0. The van der Waals surface area contributed by atoms with Crippen molar-refractivity contribution < 1.29 is 19.2 Å². The van der Waals surface area contributed by atoms with E-state index in [0.717, 1.165) is 11.6 Å². The lowest BCUT2D eigenvalue weighted by atomic mass is 10.1. The van der Waals surface area contributed by atoms with Gasteiger partial charge in [-0.05, 0) is 18.6 Å². The Balaban J connectivity index is 2.26. The summed E-state index contributed by atoms with van der Waals surface area (Å²) in [5.41, 5.74) is 6.09. The number of nitrogens with one attached hydrogen (secondary N) is 1. The maximum Gasteiger partial charge on any atom is 0.341 e. The SMILES string of the molecule is C[C@H](OC(=O)c1cc([N+](=O)[O-])ccc1NCc1ccccc1)C(N)=O. The Morgan fingerprint density at radius 1 is 1.24 bits per heavy atom. The minimum atomic E-state index is -1.14. The van der Waals surface area contributed by atoms with E-state index in [1.54, 1.807) is 0 Å². The topological polar surface area (TPSA) is 125 Å². The van der Waals surface area contributed by atoms with Gasteiger partial charge in [0.25, 0.3) is 11.6 Å². The molecule has 0 aliphatic heterocycles. The molecule has 0 spiro atoms. The van der Waals surface area contributed by atoms with Crippen molar-refractivity contribution in [3.05, 3.63) is 69.8 Å². The molecule has 0 aliphatic rings. The zero-order chi connectivity index (χ0) is 18.4. The second-order valence-corrected chi connectivity index (χ2v) is 5.28. The van der Waals surface area contributed by atoms with E-state index in [1.807, 2.05) is 30.3 Å². The predicted molar refractivity (Wildman–Crippen MR) is 90.9 cm³/mol. The lowest BCUT2D eigenvalue weighted by Crippen LogP contribution is -2.30. The van der Waals surface area contributed by atoms with Crippen LogP contribution < -0.4 is 11.1 Å². The molecule has 1 amide bonds. The molecule has 0 bridgehead atoms. The number of nitro benzene ring substituents is 1. The Hall–Kier alpha value is -3.42. The fourth-order valence-corrected chi connectivity index (χ4v) is 2.04. The monoisotopic (exact) mass is 343 g/mol. The normalized spacial score (nSPS) is 11.4. The zero-order valence-corrected chi connectivity index (χ0v) is 13.5. The van der Waals surface area contributed by atoms with E-state index in [0.29, 0.717) is 12.2 Å². The van der Waals surface area contributed by atoms with Gasteiger partial charge >= 0.3 is 5.97 Å². The number of carbonyl (C=O) groups excluding carboxylic acids is 2. The molecule has 0 radical (unpaired) electrons. The number of nitro groups is 1. The molecule has 0 unspecified atom stereocenters. The highest BCUT2D eigenvalue weighted by Gasteiger charge is 2.21. The van der Waals surface area contributed by atoms with E-state index in [-0.39, 0.29) is 11.3 Å². The number of amides is 1. The van der Waals surface area contributed by atoms with Gasteiger partial charge in [0.05, 0.1) is 10.5 Å². The number of rotatable bonds is 7. The Kier molecular flexibility index (Phi) is 5.67. The van der Waals surface area contributed by atoms with Gasteiger partial charge in [0.2, 0.25) is 0 Å². The van der Waals surface area contributed by atoms with Crippen LogP contribution in [-0.4, -0.2) is 22.9 Å². The van der Waals surface area contributed by atoms with Gasteiger partial charge in [-0.15, -0.1) is 0 Å². The van der Waals surface area contributed by atoms with Crippen LogP contribution in [-0.2, 0) is 16.1 Å². The van der Waals surface area contributed by atoms with Crippen LogP contribution in [0.1, 0.15) is 22.8 Å². The first-order valence-electron chi connectivity index (χ1n) is 7.45. The quantitative estimate of drug-likeness (QED) is 0.451. The number of anilines is 1. The molecule has 130 valence electrons. The minimum Gasteiger partial charge on any atom is -0.449 e. The number of ether oxygens (including phenoxy) is 1. The van der Waals surface area contributed by atoms with Gasteiger partial charge in [-0.2, -0.15) is 0 Å². The number of nitrogens with two attached hydrogens (primary N) is 1. The number of esters is 1. The highest BCUT2D eigenvalue weighted by atomic mass is 16.6. The van der Waals surface area contributed by atoms with Crippen molar-refractivity contribution in [3.8, 4) is 0 Å². The molecule has 0 aromatic heterocycles. The summed E-state index contributed by atoms with van der Waals surface area (Å²) in [5.74, 6) is -1.68. The second-order valence-electron chi connectivity index (χ2n) is 5.28. The first-order chi connectivity index (χ1) is 11.9. The Morgan fingerprint density at radius 2 is 1.92 bits per heavy atom. The highest BCUT2D eigenvalue weighted by molar-refractivity contribution is 5.97. The lowest BCUT2D eigenvalue weighted by molar-refractivity contribution is -0.384. The number of hydrogen-bond acceptors (Lipinski definition) is 6. The van der Waals surface area contributed by atoms with Crippen molar-refractivity contribution in [1.29, 1.82) is 0 Å². The molecule has 2 aromatic rings. The molecule has 2 aromatic carbocycles. The second kappa shape index (κ2) is 7.91. The van der Waals surface area contributed by atoms with Crippen LogP contribution in [0.2, 0.25) is 0 Å². The molecule has 8 nitrogen and oxygen atoms in total. The number of benzene rings is 2. The van der Waals surface area contributed by atoms with E-state index < -0.39 is 22.9 Å². The summed E-state index contributed by atoms with van der Waals surface area (Å²) in [6, 6.07) is 13.2. The first-order valence-corrected chi connectivity index (χ1v) is 7.45. The Bertz CT molecular complexity index is 792. The van der Waals surface area contributed by atoms with E-state index in [2.05, 4.69) is 5.32 Å². The molecule has 1 atom stereocenters. The molecule has 0 aliphatic carbocycles. The maximum atomic E-state index is 12.3. The molecular formula is C17H17N3O5. The van der Waals surface area contributed by atoms with E-state index in [1.165, 1.54) is 19.1 Å². The summed E-state index contributed by atoms with van der Waals surface area (Å²) < 4.78 is 4.95. The van der Waals surface area contributed by atoms with Gasteiger partial charge in [-0.3, -0.25) is 14.9 Å². The molecule has 3 N–H and O–H groups in total. The smallest absolute Gasteiger partial charge is 0.341 e. The van der Waals surface area contributed by atoms with E-state index in [9.17, 15) is 19.7 Å². The minimum absolute atomic E-state index is 0.0433. The molecule has 25 heavy (non-hydrogen) atoms. The van der Waals surface area contributed by atoms with Crippen LogP contribution in [0, 0.1) is 10.1 Å². The predicted octanol–water partition coefficient (Wildman–Crippen LogP) is 2.24. The van der Waals surface area contributed by atoms with E-state index in [4.69, 9.17) is 10.5 Å². The molecule has 0 saturated carbocycles. The molecule has 0 saturated heterocycles. The number of nitrogens with zero attached hydrogens (tertiary/aromatic N) is 1. The van der Waals surface area contributed by atoms with Gasteiger partial charge in [0.1, 0.15) is 0 Å². The first kappa shape index (κ1) is 17.9. The average molecular weight is 343 g/mol. The van der Waals surface area contributed by atoms with Crippen molar-refractivity contribution in [1.82, 2.24) is 0 Å². The van der Waals surface area contributed by atoms with Crippen LogP contribution in [0.3, 0.4) is 0 Å². The van der Waals surface area contributed by atoms with Crippen molar-refractivity contribution >= 4 is 23.3 Å². The fraction of sp³-hybridized carbons (Fsp3) is 0.176. The van der Waals surface area contributed by atoms with Crippen LogP contribution in [0.4, 0.5) is 11.4 Å². The Morgan fingerprint density at radius 3 is 2.52 bits per heavy atom. The summed E-state index contributed by atoms with van der Waals surface area (Å²) in [4.78, 5) is 33.7. The summed E-state index contributed by atoms with van der Waals surface area (Å²) >= 11 is 0. The third kappa shape index (κ3) is 4.77. The lowest BCUT2D eigenvalue weighted by Gasteiger charge is -2.14. The third-order valence-corrected chi connectivity index (χ3v) is 3.44. The van der Waals surface area contributed by atoms with Gasteiger partial charge in [0, 0.05) is 24.4 Å². The number of primary amides is 1. The number of non-ortho nitro benzene ring substituents is 1. The van der Waals surface area contributed by atoms with E-state index >= 15 is 0 Å². The Labute approximate surface area is 143 Å². The molecule has 8 heteroatoms. The summed E-state index contributed by atoms with van der Waals surface area (Å²) in [6.07, 6.45) is -1.14. The average Bonchev–Trinajstić information content (AvgIpc) is 2.60. The van der Waals surface area contributed by atoms with Gasteiger partial charge in [-0.1, -0.05) is 30.3 Å². The zero-order valence-electron chi connectivity index (χ0n) is 13.5.